The molecule has 0 bridgehead atoms. The van der Waals surface area contributed by atoms with Crippen LogP contribution in [0.15, 0.2) is 29.2 Å². The Kier molecular flexibility index (Phi) is 2.62. The summed E-state index contributed by atoms with van der Waals surface area (Å²) >= 11 is 0. The maximum Gasteiger partial charge on any atom is 0.0233 e. The molecule has 1 aromatic rings. The molecule has 2 heteroatoms. The lowest BCUT2D eigenvalue weighted by Gasteiger charge is -1.99. The highest BCUT2D eigenvalue weighted by molar-refractivity contribution is 8.21. The summed E-state index contributed by atoms with van der Waals surface area (Å²) in [5.74, 6) is 0.972. The summed E-state index contributed by atoms with van der Waals surface area (Å²) in [5, 5.41) is 0. The lowest BCUT2D eigenvalue weighted by atomic mass is 10.1. The summed E-state index contributed by atoms with van der Waals surface area (Å²) in [6.45, 7) is 0. The molecule has 0 aliphatic heterocycles. The third-order valence-corrected chi connectivity index (χ3v) is 3.22. The number of halogens is 1. The van der Waals surface area contributed by atoms with Crippen molar-refractivity contribution >= 4 is 21.7 Å². The maximum atomic E-state index is 5.61. The third-order valence-electron chi connectivity index (χ3n) is 2.23. The molecule has 1 aliphatic carbocycles. The van der Waals surface area contributed by atoms with Crippen LogP contribution in [0, 0.1) is 5.92 Å². The van der Waals surface area contributed by atoms with Crippen LogP contribution in [0.1, 0.15) is 18.4 Å². The highest BCUT2D eigenvalue weighted by Crippen LogP contribution is 2.33. The van der Waals surface area contributed by atoms with E-state index in [9.17, 15) is 0 Å². The average molecular weight is 199 g/mol. The molecule has 0 heterocycles. The van der Waals surface area contributed by atoms with Crippen molar-refractivity contribution in [3.05, 3.63) is 29.8 Å². The lowest BCUT2D eigenvalue weighted by molar-refractivity contribution is 0.831. The molecule has 64 valence electrons. The molecule has 0 spiro atoms. The van der Waals surface area contributed by atoms with E-state index >= 15 is 0 Å². The zero-order valence-electron chi connectivity index (χ0n) is 6.79. The standard InChI is InChI=1S/C10H11ClS/c11-12-10-5-3-9(4-6-10)7-8-1-2-8/h3-6,8H,1-2,7H2. The minimum atomic E-state index is 0.972. The van der Waals surface area contributed by atoms with Gasteiger partial charge in [-0.3, -0.25) is 0 Å². The Balaban J connectivity index is 2.02. The van der Waals surface area contributed by atoms with Gasteiger partial charge in [0, 0.05) is 4.90 Å². The van der Waals surface area contributed by atoms with Crippen LogP contribution in [0.25, 0.3) is 0 Å². The lowest BCUT2D eigenvalue weighted by Crippen LogP contribution is -1.85. The predicted octanol–water partition coefficient (Wildman–Crippen LogP) is 3.89. The SMILES string of the molecule is ClSc1ccc(CC2CC2)cc1. The van der Waals surface area contributed by atoms with Gasteiger partial charge in [-0.25, -0.2) is 0 Å². The average Bonchev–Trinajstić information content (AvgIpc) is 2.90. The predicted molar refractivity (Wildman–Crippen MR) is 54.6 cm³/mol. The van der Waals surface area contributed by atoms with Crippen molar-refractivity contribution in [1.82, 2.24) is 0 Å². The molecule has 0 saturated heterocycles. The number of hydrogen-bond donors (Lipinski definition) is 0. The summed E-state index contributed by atoms with van der Waals surface area (Å²) < 4.78 is 0. The summed E-state index contributed by atoms with van der Waals surface area (Å²) in [4.78, 5) is 1.14. The summed E-state index contributed by atoms with van der Waals surface area (Å²) in [5.41, 5.74) is 1.45. The topological polar surface area (TPSA) is 0 Å². The molecule has 1 saturated carbocycles. The van der Waals surface area contributed by atoms with Gasteiger partial charge in [0.2, 0.25) is 0 Å². The van der Waals surface area contributed by atoms with E-state index in [-0.39, 0.29) is 0 Å². The van der Waals surface area contributed by atoms with Gasteiger partial charge < -0.3 is 0 Å². The van der Waals surface area contributed by atoms with Crippen LogP contribution in [-0.2, 0) is 6.42 Å². The Bertz CT molecular complexity index is 251. The van der Waals surface area contributed by atoms with Gasteiger partial charge in [0.1, 0.15) is 0 Å². The molecule has 1 aromatic carbocycles. The molecule has 0 N–H and O–H groups in total. The Hall–Kier alpha value is -0.140. The van der Waals surface area contributed by atoms with Crippen molar-refractivity contribution in [3.63, 3.8) is 0 Å². The third kappa shape index (κ3) is 2.18. The van der Waals surface area contributed by atoms with Gasteiger partial charge in [0.25, 0.3) is 0 Å². The van der Waals surface area contributed by atoms with Crippen LogP contribution < -0.4 is 0 Å². The zero-order chi connectivity index (χ0) is 8.39. The molecule has 2 rings (SSSR count). The number of rotatable bonds is 3. The number of benzene rings is 1. The van der Waals surface area contributed by atoms with Crippen molar-refractivity contribution in [1.29, 1.82) is 0 Å². The van der Waals surface area contributed by atoms with E-state index in [0.29, 0.717) is 0 Å². The summed E-state index contributed by atoms with van der Waals surface area (Å²) in [7, 11) is 6.90. The van der Waals surface area contributed by atoms with E-state index in [2.05, 4.69) is 24.3 Å². The molecule has 0 atom stereocenters. The fourth-order valence-electron chi connectivity index (χ4n) is 1.33. The highest BCUT2D eigenvalue weighted by Gasteiger charge is 2.20. The summed E-state index contributed by atoms with van der Waals surface area (Å²) in [6, 6.07) is 8.55. The van der Waals surface area contributed by atoms with E-state index < -0.39 is 0 Å². The van der Waals surface area contributed by atoms with E-state index in [1.807, 2.05) is 0 Å². The van der Waals surface area contributed by atoms with Crippen molar-refractivity contribution in [2.45, 2.75) is 24.2 Å². The molecule has 1 aliphatic rings. The van der Waals surface area contributed by atoms with Crippen molar-refractivity contribution < 1.29 is 0 Å². The molecular formula is C10H11ClS. The van der Waals surface area contributed by atoms with E-state index in [4.69, 9.17) is 10.7 Å². The van der Waals surface area contributed by atoms with Crippen LogP contribution in [0.4, 0.5) is 0 Å². The molecule has 0 radical (unpaired) electrons. The van der Waals surface area contributed by atoms with Gasteiger partial charge in [0.15, 0.2) is 0 Å². The molecule has 12 heavy (non-hydrogen) atoms. The first-order valence-corrected chi connectivity index (χ1v) is 5.90. The minimum Gasteiger partial charge on any atom is -0.0579 e. The van der Waals surface area contributed by atoms with Gasteiger partial charge in [-0.2, -0.15) is 0 Å². The van der Waals surface area contributed by atoms with Crippen LogP contribution >= 0.6 is 21.7 Å². The monoisotopic (exact) mass is 198 g/mol. The molecular weight excluding hydrogens is 188 g/mol. The second-order valence-corrected chi connectivity index (χ2v) is 4.46. The van der Waals surface area contributed by atoms with Gasteiger partial charge >= 0.3 is 0 Å². The smallest absolute Gasteiger partial charge is 0.0233 e. The quantitative estimate of drug-likeness (QED) is 0.710. The van der Waals surface area contributed by atoms with Crippen LogP contribution in [-0.4, -0.2) is 0 Å². The minimum absolute atomic E-state index is 0.972. The Morgan fingerprint density at radius 3 is 2.42 bits per heavy atom. The molecule has 0 aromatic heterocycles. The maximum absolute atomic E-state index is 5.61. The second kappa shape index (κ2) is 3.71. The van der Waals surface area contributed by atoms with Crippen molar-refractivity contribution in [2.24, 2.45) is 5.92 Å². The Labute approximate surface area is 81.8 Å². The highest BCUT2D eigenvalue weighted by atomic mass is 35.7. The Morgan fingerprint density at radius 1 is 1.25 bits per heavy atom. The van der Waals surface area contributed by atoms with Gasteiger partial charge in [0.05, 0.1) is 0 Å². The fourth-order valence-corrected chi connectivity index (χ4v) is 1.88. The first-order valence-electron chi connectivity index (χ1n) is 4.26. The Morgan fingerprint density at radius 2 is 1.92 bits per heavy atom. The number of hydrogen-bond acceptors (Lipinski definition) is 1. The van der Waals surface area contributed by atoms with Gasteiger partial charge in [-0.05, 0) is 64.5 Å². The van der Waals surface area contributed by atoms with E-state index in [1.165, 1.54) is 35.8 Å². The van der Waals surface area contributed by atoms with Gasteiger partial charge in [-0.15, -0.1) is 0 Å². The molecule has 0 unspecified atom stereocenters. The van der Waals surface area contributed by atoms with Crippen LogP contribution in [0.2, 0.25) is 0 Å². The van der Waals surface area contributed by atoms with Crippen molar-refractivity contribution in [3.8, 4) is 0 Å². The fraction of sp³-hybridized carbons (Fsp3) is 0.400. The molecule has 0 amide bonds. The van der Waals surface area contributed by atoms with Crippen LogP contribution in [0.5, 0.6) is 0 Å². The van der Waals surface area contributed by atoms with Crippen molar-refractivity contribution in [2.75, 3.05) is 0 Å². The molecule has 1 fully saturated rings. The zero-order valence-corrected chi connectivity index (χ0v) is 8.37. The normalized spacial score (nSPS) is 16.4. The first kappa shape index (κ1) is 8.46. The second-order valence-electron chi connectivity index (χ2n) is 3.37. The summed E-state index contributed by atoms with van der Waals surface area (Å²) in [6.07, 6.45) is 4.10. The van der Waals surface area contributed by atoms with E-state index in [1.54, 1.807) is 0 Å². The van der Waals surface area contributed by atoms with Gasteiger partial charge in [-0.1, -0.05) is 12.1 Å². The first-order chi connectivity index (χ1) is 5.88. The largest absolute Gasteiger partial charge is 0.0579 e. The van der Waals surface area contributed by atoms with E-state index in [0.717, 1.165) is 10.8 Å². The van der Waals surface area contributed by atoms with Crippen LogP contribution in [0.3, 0.4) is 0 Å². The molecule has 0 nitrogen and oxygen atoms in total.